The Labute approximate surface area is 86.8 Å². The second-order valence-electron chi connectivity index (χ2n) is 4.84. The highest BCUT2D eigenvalue weighted by atomic mass is 16.5. The number of methoxy groups -OCH3 is 1. The number of ether oxygens (including phenoxy) is 1. The molecular formula is C11H22N2O. The van der Waals surface area contributed by atoms with Gasteiger partial charge in [-0.15, -0.1) is 0 Å². The molecule has 2 aliphatic rings. The molecule has 0 aromatic rings. The largest absolute Gasteiger partial charge is 0.381 e. The predicted molar refractivity (Wildman–Crippen MR) is 57.5 cm³/mol. The summed E-state index contributed by atoms with van der Waals surface area (Å²) < 4.78 is 5.33. The zero-order valence-corrected chi connectivity index (χ0v) is 9.49. The molecule has 1 heterocycles. The first-order chi connectivity index (χ1) is 6.70. The van der Waals surface area contributed by atoms with E-state index in [-0.39, 0.29) is 0 Å². The fraction of sp³-hybridized carbons (Fsp3) is 1.00. The van der Waals surface area contributed by atoms with Crippen LogP contribution in [0.2, 0.25) is 0 Å². The molecule has 1 saturated carbocycles. The maximum atomic E-state index is 5.33. The van der Waals surface area contributed by atoms with E-state index >= 15 is 0 Å². The molecule has 2 rings (SSSR count). The van der Waals surface area contributed by atoms with Crippen molar-refractivity contribution < 1.29 is 4.74 Å². The summed E-state index contributed by atoms with van der Waals surface area (Å²) in [6.07, 6.45) is 2.98. The van der Waals surface area contributed by atoms with Crippen molar-refractivity contribution in [1.29, 1.82) is 0 Å². The fourth-order valence-corrected chi connectivity index (χ4v) is 2.56. The van der Waals surface area contributed by atoms with Gasteiger partial charge in [-0.3, -0.25) is 4.90 Å². The van der Waals surface area contributed by atoms with Gasteiger partial charge in [0.1, 0.15) is 0 Å². The lowest BCUT2D eigenvalue weighted by Gasteiger charge is -2.48. The average Bonchev–Trinajstić information content (AvgIpc) is 2.09. The molecule has 2 fully saturated rings. The Morgan fingerprint density at radius 3 is 2.64 bits per heavy atom. The zero-order chi connectivity index (χ0) is 10.1. The normalized spacial score (nSPS) is 44.8. The molecule has 14 heavy (non-hydrogen) atoms. The second-order valence-corrected chi connectivity index (χ2v) is 4.84. The van der Waals surface area contributed by atoms with E-state index in [0.717, 1.165) is 12.6 Å². The molecular weight excluding hydrogens is 176 g/mol. The first-order valence-electron chi connectivity index (χ1n) is 5.72. The third-order valence-corrected chi connectivity index (χ3v) is 3.68. The Morgan fingerprint density at radius 2 is 2.00 bits per heavy atom. The highest BCUT2D eigenvalue weighted by Gasteiger charge is 2.37. The van der Waals surface area contributed by atoms with Gasteiger partial charge in [0.25, 0.3) is 0 Å². The molecule has 2 unspecified atom stereocenters. The summed E-state index contributed by atoms with van der Waals surface area (Å²) in [4.78, 5) is 2.65. The number of hydrogen-bond donors (Lipinski definition) is 1. The number of rotatable bonds is 2. The summed E-state index contributed by atoms with van der Waals surface area (Å²) in [5.74, 6) is 0. The molecule has 1 aliphatic carbocycles. The third-order valence-electron chi connectivity index (χ3n) is 3.68. The van der Waals surface area contributed by atoms with Gasteiger partial charge in [-0.1, -0.05) is 0 Å². The smallest absolute Gasteiger partial charge is 0.0601 e. The van der Waals surface area contributed by atoms with Gasteiger partial charge in [0.2, 0.25) is 0 Å². The topological polar surface area (TPSA) is 24.5 Å². The molecule has 0 aromatic carbocycles. The van der Waals surface area contributed by atoms with E-state index in [9.17, 15) is 0 Å². The van der Waals surface area contributed by atoms with Crippen molar-refractivity contribution in [2.75, 3.05) is 20.2 Å². The van der Waals surface area contributed by atoms with Crippen LogP contribution in [0.3, 0.4) is 0 Å². The van der Waals surface area contributed by atoms with Crippen LogP contribution < -0.4 is 5.32 Å². The van der Waals surface area contributed by atoms with Crippen LogP contribution >= 0.6 is 0 Å². The van der Waals surface area contributed by atoms with E-state index in [1.54, 1.807) is 0 Å². The minimum atomic E-state index is 0.525. The van der Waals surface area contributed by atoms with E-state index in [0.29, 0.717) is 18.2 Å². The molecule has 0 aromatic heterocycles. The van der Waals surface area contributed by atoms with E-state index < -0.39 is 0 Å². The van der Waals surface area contributed by atoms with Crippen molar-refractivity contribution >= 4 is 0 Å². The summed E-state index contributed by atoms with van der Waals surface area (Å²) in [5.41, 5.74) is 0. The molecule has 0 spiro atoms. The van der Waals surface area contributed by atoms with Gasteiger partial charge in [0.15, 0.2) is 0 Å². The molecule has 0 amide bonds. The highest BCUT2D eigenvalue weighted by molar-refractivity contribution is 4.93. The lowest BCUT2D eigenvalue weighted by molar-refractivity contribution is -0.0481. The molecule has 1 aliphatic heterocycles. The van der Waals surface area contributed by atoms with E-state index in [4.69, 9.17) is 4.74 Å². The lowest BCUT2D eigenvalue weighted by atomic mass is 9.86. The van der Waals surface area contributed by atoms with Crippen LogP contribution in [0.4, 0.5) is 0 Å². The van der Waals surface area contributed by atoms with Gasteiger partial charge in [-0.05, 0) is 26.7 Å². The monoisotopic (exact) mass is 198 g/mol. The van der Waals surface area contributed by atoms with Crippen LogP contribution in [-0.4, -0.2) is 49.3 Å². The quantitative estimate of drug-likeness (QED) is 0.712. The molecule has 0 radical (unpaired) electrons. The predicted octanol–water partition coefficient (Wildman–Crippen LogP) is 0.846. The maximum Gasteiger partial charge on any atom is 0.0601 e. The van der Waals surface area contributed by atoms with Gasteiger partial charge in [0, 0.05) is 38.3 Å². The summed E-state index contributed by atoms with van der Waals surface area (Å²) in [6.45, 7) is 6.92. The Hall–Kier alpha value is -0.120. The van der Waals surface area contributed by atoms with E-state index in [2.05, 4.69) is 24.1 Å². The van der Waals surface area contributed by atoms with Gasteiger partial charge >= 0.3 is 0 Å². The Balaban J connectivity index is 1.84. The fourth-order valence-electron chi connectivity index (χ4n) is 2.56. The van der Waals surface area contributed by atoms with Crippen LogP contribution in [0.15, 0.2) is 0 Å². The average molecular weight is 198 g/mol. The van der Waals surface area contributed by atoms with Crippen molar-refractivity contribution in [2.45, 2.75) is 50.9 Å². The van der Waals surface area contributed by atoms with Crippen molar-refractivity contribution in [3.63, 3.8) is 0 Å². The van der Waals surface area contributed by atoms with E-state index in [1.807, 2.05) is 7.11 Å². The highest BCUT2D eigenvalue weighted by Crippen LogP contribution is 2.30. The lowest BCUT2D eigenvalue weighted by Crippen LogP contribution is -2.61. The number of nitrogens with one attached hydrogen (secondary N) is 1. The molecule has 2 atom stereocenters. The first kappa shape index (κ1) is 10.4. The third kappa shape index (κ3) is 1.95. The number of nitrogens with zero attached hydrogens (tertiary/aromatic N) is 1. The molecule has 82 valence electrons. The molecule has 3 nitrogen and oxygen atoms in total. The van der Waals surface area contributed by atoms with Crippen molar-refractivity contribution in [3.8, 4) is 0 Å². The molecule has 0 bridgehead atoms. The van der Waals surface area contributed by atoms with E-state index in [1.165, 1.54) is 19.4 Å². The van der Waals surface area contributed by atoms with Crippen molar-refractivity contribution in [2.24, 2.45) is 0 Å². The van der Waals surface area contributed by atoms with Crippen molar-refractivity contribution in [1.82, 2.24) is 10.2 Å². The number of piperazine rings is 1. The van der Waals surface area contributed by atoms with Crippen LogP contribution in [0.25, 0.3) is 0 Å². The Bertz CT molecular complexity index is 192. The summed E-state index contributed by atoms with van der Waals surface area (Å²) in [5, 5.41) is 3.52. The van der Waals surface area contributed by atoms with Crippen LogP contribution in [0.1, 0.15) is 26.7 Å². The summed E-state index contributed by atoms with van der Waals surface area (Å²) >= 11 is 0. The molecule has 1 saturated heterocycles. The Morgan fingerprint density at radius 1 is 1.29 bits per heavy atom. The number of hydrogen-bond acceptors (Lipinski definition) is 3. The van der Waals surface area contributed by atoms with Gasteiger partial charge < -0.3 is 10.1 Å². The molecule has 3 heteroatoms. The second kappa shape index (κ2) is 4.17. The SMILES string of the molecule is COC1CC(N2CC(C)NCC2C)C1. The summed E-state index contributed by atoms with van der Waals surface area (Å²) in [7, 11) is 1.82. The van der Waals surface area contributed by atoms with Crippen LogP contribution in [0, 0.1) is 0 Å². The van der Waals surface area contributed by atoms with Gasteiger partial charge in [0.05, 0.1) is 6.10 Å². The van der Waals surface area contributed by atoms with Crippen LogP contribution in [0.5, 0.6) is 0 Å². The Kier molecular flexibility index (Phi) is 3.10. The minimum absolute atomic E-state index is 0.525. The van der Waals surface area contributed by atoms with Gasteiger partial charge in [-0.25, -0.2) is 0 Å². The minimum Gasteiger partial charge on any atom is -0.381 e. The zero-order valence-electron chi connectivity index (χ0n) is 9.49. The standard InChI is InChI=1S/C11H22N2O/c1-8-7-13(9(2)6-12-8)10-4-11(5-10)14-3/h8-12H,4-7H2,1-3H3. The maximum absolute atomic E-state index is 5.33. The summed E-state index contributed by atoms with van der Waals surface area (Å²) in [6, 6.07) is 2.11. The molecule has 1 N–H and O–H groups in total. The first-order valence-corrected chi connectivity index (χ1v) is 5.72. The van der Waals surface area contributed by atoms with Gasteiger partial charge in [-0.2, -0.15) is 0 Å². The van der Waals surface area contributed by atoms with Crippen molar-refractivity contribution in [3.05, 3.63) is 0 Å². The van der Waals surface area contributed by atoms with Crippen LogP contribution in [-0.2, 0) is 4.74 Å².